The summed E-state index contributed by atoms with van der Waals surface area (Å²) >= 11 is 38.3. The molecule has 0 radical (unpaired) electrons. The molecule has 0 aromatic heterocycles. The van der Waals surface area contributed by atoms with Gasteiger partial charge in [0.25, 0.3) is 29.5 Å². The van der Waals surface area contributed by atoms with Crippen LogP contribution in [0.15, 0.2) is 124 Å². The number of sulfonamides is 2. The van der Waals surface area contributed by atoms with Crippen LogP contribution in [0.1, 0.15) is 139 Å². The first kappa shape index (κ1) is 119. The number of nitrogens with two attached hydrogens (primary N) is 1. The SMILES string of the molecule is CCCOCCCC(=O)C(O)C(O)C(=O)NCCOCCOCCOCCNS(=O)(=O)c1cccc(C2CN(C)Cc3c(Cl)cc(Cl)cc32)c1.CCCOCCOCCCS(=O)(=O)c1cccc(C2CN(C)Cc3c(Cl)cc(Cl)cc32)c1.CN1Cc2c(Cl)cc(Cl)cc2C(c2cccc(S(=O)(=O)NCCOCCOCCOCCN)c2)C1.O=C(ON1C(=O)CCC1=O)C(O)C(O)C(=O)ON1C(=O)CCC1=O. The molecule has 7 atom stereocenters. The molecular formula is C94H125Cl6N9O29S3. The minimum atomic E-state index is -3.78. The highest BCUT2D eigenvalue weighted by atomic mass is 35.5. The summed E-state index contributed by atoms with van der Waals surface area (Å²) in [5.41, 5.74) is 14.2. The van der Waals surface area contributed by atoms with Gasteiger partial charge in [0.15, 0.2) is 33.9 Å². The number of aliphatic hydroxyl groups is 4. The van der Waals surface area contributed by atoms with Gasteiger partial charge in [0, 0.05) is 172 Å². The molecule has 5 aliphatic heterocycles. The van der Waals surface area contributed by atoms with Crippen LogP contribution in [-0.4, -0.2) is 334 Å². The van der Waals surface area contributed by atoms with E-state index < -0.39 is 102 Å². The number of carbonyl (C=O) groups is 8. The molecule has 5 amide bonds. The van der Waals surface area contributed by atoms with Crippen LogP contribution < -0.4 is 20.5 Å². The Morgan fingerprint density at radius 1 is 0.404 bits per heavy atom. The Balaban J connectivity index is 0.000000238. The van der Waals surface area contributed by atoms with Gasteiger partial charge in [-0.15, -0.1) is 10.1 Å². The number of imide groups is 2. The summed E-state index contributed by atoms with van der Waals surface area (Å²) in [5.74, 6) is -8.21. The monoisotopic (exact) mass is 2150 g/mol. The van der Waals surface area contributed by atoms with Crippen LogP contribution in [0.3, 0.4) is 0 Å². The van der Waals surface area contributed by atoms with Crippen molar-refractivity contribution < 1.29 is 136 Å². The highest BCUT2D eigenvalue weighted by Crippen LogP contribution is 2.43. The number of ketones is 1. The number of likely N-dealkylation sites (N-methyl/N-ethyl adjacent to an activating group) is 3. The number of hydroxylamine groups is 4. The fourth-order valence-electron chi connectivity index (χ4n) is 15.2. The highest BCUT2D eigenvalue weighted by Gasteiger charge is 2.43. The molecule has 0 saturated carbocycles. The van der Waals surface area contributed by atoms with Crippen molar-refractivity contribution in [1.29, 1.82) is 0 Å². The lowest BCUT2D eigenvalue weighted by atomic mass is 9.85. The number of amides is 5. The van der Waals surface area contributed by atoms with Gasteiger partial charge < -0.3 is 98.5 Å². The smallest absolute Gasteiger partial charge is 0.364 e. The van der Waals surface area contributed by atoms with E-state index >= 15 is 0 Å². The molecule has 5 aliphatic rings. The Morgan fingerprint density at radius 2 is 0.723 bits per heavy atom. The number of hydrogen-bond acceptors (Lipinski definition) is 33. The number of ether oxygens (including phenoxy) is 9. The molecule has 0 bridgehead atoms. The van der Waals surface area contributed by atoms with E-state index in [9.17, 15) is 84.0 Å². The number of fused-ring (bicyclic) bond motifs is 3. The van der Waals surface area contributed by atoms with E-state index in [2.05, 4.69) is 46.1 Å². The van der Waals surface area contributed by atoms with E-state index in [1.165, 1.54) is 0 Å². The number of carbonyl (C=O) groups excluding carboxylic acids is 8. The Hall–Kier alpha value is -7.49. The second kappa shape index (κ2) is 60.6. The molecule has 780 valence electrons. The Bertz CT molecular complexity index is 5410. The van der Waals surface area contributed by atoms with Gasteiger partial charge >= 0.3 is 11.9 Å². The lowest BCUT2D eigenvalue weighted by Gasteiger charge is -2.33. The van der Waals surface area contributed by atoms with Crippen LogP contribution in [0.2, 0.25) is 30.1 Å². The molecule has 141 heavy (non-hydrogen) atoms. The number of hydrogen-bond donors (Lipinski definition) is 8. The van der Waals surface area contributed by atoms with Gasteiger partial charge in [-0.25, -0.2) is 44.3 Å². The topological polar surface area (TPSA) is 500 Å². The number of rotatable bonds is 54. The lowest BCUT2D eigenvalue weighted by Crippen LogP contribution is -2.47. The third kappa shape index (κ3) is 38.1. The number of aliphatic hydroxyl groups excluding tert-OH is 4. The van der Waals surface area contributed by atoms with Crippen molar-refractivity contribution in [2.24, 2.45) is 5.73 Å². The van der Waals surface area contributed by atoms with E-state index in [0.29, 0.717) is 147 Å². The summed E-state index contributed by atoms with van der Waals surface area (Å²) in [6.07, 6.45) is -6.76. The highest BCUT2D eigenvalue weighted by molar-refractivity contribution is 7.91. The molecule has 38 nitrogen and oxygen atoms in total. The number of nitrogens with one attached hydrogen (secondary N) is 3. The van der Waals surface area contributed by atoms with Gasteiger partial charge in [-0.1, -0.05) is 120 Å². The molecule has 6 aromatic rings. The maximum Gasteiger partial charge on any atom is 0.364 e. The van der Waals surface area contributed by atoms with E-state index in [4.69, 9.17) is 118 Å². The zero-order valence-corrected chi connectivity index (χ0v) is 86.1. The molecule has 0 spiro atoms. The molecule has 2 fully saturated rings. The maximum atomic E-state index is 13.0. The first-order chi connectivity index (χ1) is 67.3. The zero-order chi connectivity index (χ0) is 103. The molecule has 9 N–H and O–H groups in total. The fourth-order valence-corrected chi connectivity index (χ4v) is 20.3. The van der Waals surface area contributed by atoms with Crippen LogP contribution in [-0.2, 0) is 140 Å². The quantitative estimate of drug-likeness (QED) is 0.0135. The maximum absolute atomic E-state index is 13.0. The van der Waals surface area contributed by atoms with Crippen LogP contribution in [0.5, 0.6) is 0 Å². The van der Waals surface area contributed by atoms with Gasteiger partial charge in [-0.3, -0.25) is 28.8 Å². The lowest BCUT2D eigenvalue weighted by molar-refractivity contribution is -0.216. The standard InChI is InChI=1S/C34H49Cl2N3O10S.C24H33Cl2N3O5S.C24H31Cl2NO4S.C12H12N2O10/c1-3-11-46-12-5-8-31(40)32(41)33(42)34(43)37-9-13-47-15-17-49-18-16-48-14-10-38-50(44,45)26-7-4-6-24(19-26)28-22-39(2)23-29-27(28)20-25(35)21-30(29)36;1-29-16-22(21-14-19(25)15-24(26)23(21)17-29)18-3-2-4-20(13-18)35(30,31)28-6-8-33-10-12-34-11-9-32-7-5-27;1-3-8-30-10-11-31-9-5-12-32(28,29)20-7-4-6-18(13-20)22-16-27(2)17-23-21(22)14-19(25)15-24(23)26;15-5-1-2-6(16)13(5)23-11(21)9(19)10(20)12(22)24-14-7(17)3-4-8(14)18/h4,6-7,19-21,28,32-33,38,41-42H,3,5,8-18,22-23H2,1-2H3,(H,37,43);2-4,13-15,22,28H,5-12,16-17,27H2,1H3;4,6-7,13-15,22H,3,5,8-12,16-17H2,1-2H3;9-10,19-20H,1-4H2. The minimum Gasteiger partial charge on any atom is -0.382 e. The minimum absolute atomic E-state index is 0.000111. The summed E-state index contributed by atoms with van der Waals surface area (Å²) in [6, 6.07) is 32.1. The van der Waals surface area contributed by atoms with Gasteiger partial charge in [0.1, 0.15) is 6.10 Å². The average Bonchev–Trinajstić information content (AvgIpc) is 0.976. The van der Waals surface area contributed by atoms with Crippen molar-refractivity contribution >= 4 is 147 Å². The summed E-state index contributed by atoms with van der Waals surface area (Å²) < 4.78 is 131. The van der Waals surface area contributed by atoms with Crippen molar-refractivity contribution in [2.75, 3.05) is 192 Å². The van der Waals surface area contributed by atoms with Gasteiger partial charge in [-0.05, 0) is 170 Å². The largest absolute Gasteiger partial charge is 0.382 e. The summed E-state index contributed by atoms with van der Waals surface area (Å²) in [5, 5.41) is 45.1. The number of benzene rings is 6. The number of Topliss-reactive ketones (excluding diaryl/α,β-unsaturated/α-hetero) is 1. The summed E-state index contributed by atoms with van der Waals surface area (Å²) in [7, 11) is -4.83. The fraction of sp³-hybridized carbons (Fsp3) is 0.532. The van der Waals surface area contributed by atoms with Crippen LogP contribution in [0.25, 0.3) is 0 Å². The predicted octanol–water partition coefficient (Wildman–Crippen LogP) is 7.47. The summed E-state index contributed by atoms with van der Waals surface area (Å²) in [4.78, 5) is 108. The van der Waals surface area contributed by atoms with E-state index in [1.54, 1.807) is 66.7 Å². The second-order valence-corrected chi connectivity index (χ2v) is 41.4. The van der Waals surface area contributed by atoms with Crippen molar-refractivity contribution in [3.63, 3.8) is 0 Å². The van der Waals surface area contributed by atoms with Gasteiger partial charge in [0.2, 0.25) is 20.0 Å². The first-order valence-electron chi connectivity index (χ1n) is 45.9. The van der Waals surface area contributed by atoms with Crippen molar-refractivity contribution in [3.8, 4) is 0 Å². The average molecular weight is 2150 g/mol. The summed E-state index contributed by atoms with van der Waals surface area (Å²) in [6.45, 7) is 16.0. The molecule has 11 rings (SSSR count). The molecule has 2 saturated heterocycles. The van der Waals surface area contributed by atoms with Gasteiger partial charge in [0.05, 0.1) is 113 Å². The van der Waals surface area contributed by atoms with Crippen molar-refractivity contribution in [3.05, 3.63) is 189 Å². The van der Waals surface area contributed by atoms with Crippen molar-refractivity contribution in [2.45, 2.75) is 148 Å². The zero-order valence-electron chi connectivity index (χ0n) is 79.1. The van der Waals surface area contributed by atoms with Crippen LogP contribution in [0.4, 0.5) is 0 Å². The predicted molar refractivity (Wildman–Crippen MR) is 523 cm³/mol. The van der Waals surface area contributed by atoms with E-state index in [0.717, 1.165) is 82.5 Å². The molecular weight excluding hydrogens is 2030 g/mol. The van der Waals surface area contributed by atoms with Crippen molar-refractivity contribution in [1.82, 2.24) is 39.6 Å². The Kier molecular flexibility index (Phi) is 51.0. The normalized spacial score (nSPS) is 17.1. The third-order valence-electron chi connectivity index (χ3n) is 22.1. The van der Waals surface area contributed by atoms with Crippen LogP contribution >= 0.6 is 69.6 Å². The Morgan fingerprint density at radius 3 is 1.09 bits per heavy atom. The number of sulfone groups is 1. The first-order valence-corrected chi connectivity index (χ1v) is 52.8. The molecule has 6 aromatic carbocycles. The van der Waals surface area contributed by atoms with E-state index in [-0.39, 0.29) is 141 Å². The second-order valence-electron chi connectivity index (χ2n) is 33.2. The number of halogens is 6. The number of nitrogens with zero attached hydrogens (tertiary/aromatic N) is 5. The van der Waals surface area contributed by atoms with Crippen LogP contribution in [0, 0.1) is 0 Å². The molecule has 47 heteroatoms. The third-order valence-corrected chi connectivity index (χ3v) is 28.5. The molecule has 5 heterocycles. The molecule has 0 aliphatic carbocycles. The van der Waals surface area contributed by atoms with E-state index in [1.807, 2.05) is 70.5 Å². The molecule has 7 unspecified atom stereocenters. The van der Waals surface area contributed by atoms with Gasteiger partial charge in [-0.2, -0.15) is 0 Å². The Labute approximate surface area is 851 Å².